The molecule has 132 valence electrons. The van der Waals surface area contributed by atoms with Crippen LogP contribution in [0.2, 0.25) is 5.02 Å². The van der Waals surface area contributed by atoms with Gasteiger partial charge < -0.3 is 20.0 Å². The minimum Gasteiger partial charge on any atom is -0.497 e. The van der Waals surface area contributed by atoms with Gasteiger partial charge in [0.05, 0.1) is 7.11 Å². The number of aromatic amines is 2. The first-order valence-electron chi connectivity index (χ1n) is 8.34. The molecule has 4 rings (SSSR count). The third-order valence-corrected chi connectivity index (χ3v) is 4.72. The second-order valence-corrected chi connectivity index (χ2v) is 6.58. The van der Waals surface area contributed by atoms with Crippen molar-refractivity contribution in [3.63, 3.8) is 0 Å². The summed E-state index contributed by atoms with van der Waals surface area (Å²) in [4.78, 5) is 18.8. The molecule has 2 aromatic carbocycles. The molecule has 0 fully saturated rings. The molecule has 4 aromatic rings. The average Bonchev–Trinajstić information content (AvgIpc) is 3.25. The fraction of sp³-hybridized carbons (Fsp3) is 0.150. The van der Waals surface area contributed by atoms with Crippen LogP contribution < -0.4 is 10.1 Å². The normalized spacial score (nSPS) is 11.2. The lowest BCUT2D eigenvalue weighted by Gasteiger charge is -2.03. The molecule has 0 saturated carbocycles. The van der Waals surface area contributed by atoms with Crippen LogP contribution in [-0.4, -0.2) is 29.5 Å². The summed E-state index contributed by atoms with van der Waals surface area (Å²) in [5.74, 6) is 0.627. The number of carbonyl (C=O) groups excluding carboxylic acids is 1. The number of H-pyrrole nitrogens is 2. The van der Waals surface area contributed by atoms with Crippen molar-refractivity contribution in [2.45, 2.75) is 6.42 Å². The Morgan fingerprint density at radius 3 is 2.88 bits per heavy atom. The molecule has 0 aliphatic heterocycles. The standard InChI is InChI=1S/C20H18ClN3O2/c1-26-15-4-2-12-8-19(24-18(12)10-15)20(25)22-7-6-13-11-23-17-5-3-14(21)9-16(13)17/h2-5,8-11,23-24H,6-7H2,1H3,(H,22,25). The van der Waals surface area contributed by atoms with Gasteiger partial charge in [-0.15, -0.1) is 0 Å². The molecule has 0 saturated heterocycles. The number of methoxy groups -OCH3 is 1. The molecule has 0 radical (unpaired) electrons. The Balaban J connectivity index is 1.44. The van der Waals surface area contributed by atoms with E-state index < -0.39 is 0 Å². The molecule has 1 amide bonds. The lowest BCUT2D eigenvalue weighted by molar-refractivity contribution is 0.0950. The molecule has 2 heterocycles. The van der Waals surface area contributed by atoms with E-state index >= 15 is 0 Å². The van der Waals surface area contributed by atoms with Crippen molar-refractivity contribution >= 4 is 39.3 Å². The van der Waals surface area contributed by atoms with Gasteiger partial charge in [0.25, 0.3) is 5.91 Å². The van der Waals surface area contributed by atoms with Crippen LogP contribution >= 0.6 is 11.6 Å². The van der Waals surface area contributed by atoms with Gasteiger partial charge in [0.1, 0.15) is 11.4 Å². The van der Waals surface area contributed by atoms with E-state index in [1.54, 1.807) is 7.11 Å². The molecule has 0 spiro atoms. The number of benzene rings is 2. The van der Waals surface area contributed by atoms with Gasteiger partial charge in [-0.05, 0) is 48.4 Å². The van der Waals surface area contributed by atoms with E-state index in [0.29, 0.717) is 17.3 Å². The van der Waals surface area contributed by atoms with Crippen molar-refractivity contribution in [1.82, 2.24) is 15.3 Å². The number of hydrogen-bond donors (Lipinski definition) is 3. The van der Waals surface area contributed by atoms with Crippen LogP contribution in [0.15, 0.2) is 48.7 Å². The van der Waals surface area contributed by atoms with Crippen molar-refractivity contribution in [3.8, 4) is 5.75 Å². The third-order valence-electron chi connectivity index (χ3n) is 4.48. The fourth-order valence-electron chi connectivity index (χ4n) is 3.12. The maximum atomic E-state index is 12.4. The smallest absolute Gasteiger partial charge is 0.267 e. The summed E-state index contributed by atoms with van der Waals surface area (Å²) in [6, 6.07) is 13.3. The van der Waals surface area contributed by atoms with Gasteiger partial charge in [0.15, 0.2) is 0 Å². The number of amides is 1. The maximum Gasteiger partial charge on any atom is 0.267 e. The predicted octanol–water partition coefficient (Wildman–Crippen LogP) is 4.28. The zero-order chi connectivity index (χ0) is 18.1. The third kappa shape index (κ3) is 3.13. The summed E-state index contributed by atoms with van der Waals surface area (Å²) in [5, 5.41) is 5.72. The minimum atomic E-state index is -0.127. The quantitative estimate of drug-likeness (QED) is 0.492. The number of fused-ring (bicyclic) bond motifs is 2. The minimum absolute atomic E-state index is 0.127. The van der Waals surface area contributed by atoms with E-state index in [0.717, 1.165) is 39.5 Å². The van der Waals surface area contributed by atoms with E-state index in [4.69, 9.17) is 16.3 Å². The molecule has 26 heavy (non-hydrogen) atoms. The van der Waals surface area contributed by atoms with Crippen molar-refractivity contribution < 1.29 is 9.53 Å². The average molecular weight is 368 g/mol. The highest BCUT2D eigenvalue weighted by Gasteiger charge is 2.10. The van der Waals surface area contributed by atoms with Crippen molar-refractivity contribution in [2.75, 3.05) is 13.7 Å². The first-order valence-corrected chi connectivity index (χ1v) is 8.72. The monoisotopic (exact) mass is 367 g/mol. The molecule has 0 bridgehead atoms. The van der Waals surface area contributed by atoms with Gasteiger partial charge in [0, 0.05) is 45.6 Å². The van der Waals surface area contributed by atoms with Crippen molar-refractivity contribution in [1.29, 1.82) is 0 Å². The molecule has 0 aliphatic carbocycles. The van der Waals surface area contributed by atoms with Gasteiger partial charge in [-0.1, -0.05) is 11.6 Å². The number of carbonyl (C=O) groups is 1. The van der Waals surface area contributed by atoms with Crippen LogP contribution in [-0.2, 0) is 6.42 Å². The van der Waals surface area contributed by atoms with E-state index in [2.05, 4.69) is 15.3 Å². The summed E-state index contributed by atoms with van der Waals surface area (Å²) in [7, 11) is 1.62. The highest BCUT2D eigenvalue weighted by atomic mass is 35.5. The largest absolute Gasteiger partial charge is 0.497 e. The van der Waals surface area contributed by atoms with Crippen LogP contribution in [0.1, 0.15) is 16.1 Å². The zero-order valence-corrected chi connectivity index (χ0v) is 15.0. The SMILES string of the molecule is COc1ccc2cc(C(=O)NCCc3c[nH]c4ccc(Cl)cc34)[nH]c2c1. The zero-order valence-electron chi connectivity index (χ0n) is 14.2. The summed E-state index contributed by atoms with van der Waals surface area (Å²) >= 11 is 6.08. The second kappa shape index (κ2) is 6.77. The number of ether oxygens (including phenoxy) is 1. The number of aromatic nitrogens is 2. The molecular weight excluding hydrogens is 350 g/mol. The van der Waals surface area contributed by atoms with E-state index in [9.17, 15) is 4.79 Å². The van der Waals surface area contributed by atoms with E-state index in [1.807, 2.05) is 48.7 Å². The molecule has 6 heteroatoms. The molecule has 0 unspecified atom stereocenters. The molecule has 0 aliphatic rings. The summed E-state index contributed by atoms with van der Waals surface area (Å²) in [6.45, 7) is 0.539. The Kier molecular flexibility index (Phi) is 4.31. The predicted molar refractivity (Wildman–Crippen MR) is 104 cm³/mol. The number of rotatable bonds is 5. The first kappa shape index (κ1) is 16.5. The number of hydrogen-bond acceptors (Lipinski definition) is 2. The van der Waals surface area contributed by atoms with Gasteiger partial charge in [-0.2, -0.15) is 0 Å². The van der Waals surface area contributed by atoms with E-state index in [-0.39, 0.29) is 5.91 Å². The summed E-state index contributed by atoms with van der Waals surface area (Å²) in [5.41, 5.74) is 3.58. The molecular formula is C20H18ClN3O2. The number of nitrogens with one attached hydrogen (secondary N) is 3. The van der Waals surface area contributed by atoms with Crippen LogP contribution in [0.25, 0.3) is 21.8 Å². The Labute approximate surface area is 155 Å². The van der Waals surface area contributed by atoms with Crippen LogP contribution in [0.4, 0.5) is 0 Å². The lowest BCUT2D eigenvalue weighted by Crippen LogP contribution is -2.25. The Morgan fingerprint density at radius 1 is 1.15 bits per heavy atom. The maximum absolute atomic E-state index is 12.4. The van der Waals surface area contributed by atoms with Crippen LogP contribution in [0.5, 0.6) is 5.75 Å². The molecule has 2 aromatic heterocycles. The highest BCUT2D eigenvalue weighted by Crippen LogP contribution is 2.23. The van der Waals surface area contributed by atoms with Crippen LogP contribution in [0, 0.1) is 0 Å². The summed E-state index contributed by atoms with van der Waals surface area (Å²) in [6.07, 6.45) is 2.68. The van der Waals surface area contributed by atoms with Gasteiger partial charge in [0.2, 0.25) is 0 Å². The fourth-order valence-corrected chi connectivity index (χ4v) is 3.29. The highest BCUT2D eigenvalue weighted by molar-refractivity contribution is 6.31. The van der Waals surface area contributed by atoms with Crippen molar-refractivity contribution in [3.05, 3.63) is 64.9 Å². The Bertz CT molecular complexity index is 1100. The molecule has 3 N–H and O–H groups in total. The van der Waals surface area contributed by atoms with Crippen molar-refractivity contribution in [2.24, 2.45) is 0 Å². The van der Waals surface area contributed by atoms with Gasteiger partial charge in [-0.25, -0.2) is 0 Å². The second-order valence-electron chi connectivity index (χ2n) is 6.15. The van der Waals surface area contributed by atoms with Gasteiger partial charge >= 0.3 is 0 Å². The molecule has 0 atom stereocenters. The van der Waals surface area contributed by atoms with Crippen LogP contribution in [0.3, 0.4) is 0 Å². The van der Waals surface area contributed by atoms with Gasteiger partial charge in [-0.3, -0.25) is 4.79 Å². The molecule has 5 nitrogen and oxygen atoms in total. The Morgan fingerprint density at radius 2 is 2.04 bits per heavy atom. The first-order chi connectivity index (χ1) is 12.6. The summed E-state index contributed by atoms with van der Waals surface area (Å²) < 4.78 is 5.21. The Hall–Kier alpha value is -2.92. The topological polar surface area (TPSA) is 69.9 Å². The van der Waals surface area contributed by atoms with E-state index in [1.165, 1.54) is 0 Å². The lowest BCUT2D eigenvalue weighted by atomic mass is 10.1. The number of halogens is 1.